The van der Waals surface area contributed by atoms with Crippen LogP contribution in [0.4, 0.5) is 0 Å². The third kappa shape index (κ3) is 11.0. The van der Waals surface area contributed by atoms with E-state index in [4.69, 9.17) is 0 Å². The topological polar surface area (TPSA) is 88.1 Å². The summed E-state index contributed by atoms with van der Waals surface area (Å²) in [5.74, 6) is -0.949. The summed E-state index contributed by atoms with van der Waals surface area (Å²) >= 11 is 0. The van der Waals surface area contributed by atoms with Crippen LogP contribution in [0, 0.1) is 0 Å². The first-order valence-electron chi connectivity index (χ1n) is 5.36. The fraction of sp³-hybridized carbons (Fsp3) is 0.727. The summed E-state index contributed by atoms with van der Waals surface area (Å²) in [7, 11) is 2.73. The molecule has 0 heterocycles. The molecule has 0 aromatic heterocycles. The normalized spacial score (nSPS) is 10.7. The number of hydrogen-bond donors (Lipinski definition) is 0. The van der Waals surface area contributed by atoms with Crippen molar-refractivity contribution in [2.75, 3.05) is 34.0 Å². The fourth-order valence-electron chi connectivity index (χ4n) is 0.752. The molecule has 0 aromatic rings. The van der Waals surface area contributed by atoms with Crippen molar-refractivity contribution in [2.45, 2.75) is 20.0 Å². The number of carbonyl (C=O) groups is 3. The van der Waals surface area contributed by atoms with Gasteiger partial charge in [-0.1, -0.05) is 0 Å². The van der Waals surface area contributed by atoms with Crippen LogP contribution >= 0.6 is 0 Å². The van der Waals surface area contributed by atoms with Crippen molar-refractivity contribution in [3.63, 3.8) is 0 Å². The van der Waals surface area contributed by atoms with E-state index in [1.165, 1.54) is 14.2 Å². The second-order valence-electron chi connectivity index (χ2n) is 2.78. The number of carbonyl (C=O) groups excluding carboxylic acids is 3. The molecule has 106 valence electrons. The van der Waals surface area contributed by atoms with Crippen LogP contribution in [0.2, 0.25) is 0 Å². The molecule has 0 spiro atoms. The molecule has 0 radical (unpaired) electrons. The lowest BCUT2D eigenvalue weighted by molar-refractivity contribution is -0.156. The average molecular weight is 264 g/mol. The van der Waals surface area contributed by atoms with Crippen molar-refractivity contribution in [3.05, 3.63) is 0 Å². The standard InChI is InChI=1S/C6H10O4.C5H10O3/c1-3-10-6(8)5(4-7)9-2;1-3-8-5(6)4-7-2/h4-5H,3H2,1-2H3;3-4H2,1-2H3. The zero-order chi connectivity index (χ0) is 14.4. The van der Waals surface area contributed by atoms with Crippen molar-refractivity contribution >= 4 is 18.2 Å². The number of aldehydes is 1. The van der Waals surface area contributed by atoms with Crippen LogP contribution in [-0.4, -0.2) is 58.4 Å². The van der Waals surface area contributed by atoms with Crippen molar-refractivity contribution in [1.82, 2.24) is 0 Å². The second kappa shape index (κ2) is 13.6. The molecule has 18 heavy (non-hydrogen) atoms. The van der Waals surface area contributed by atoms with Crippen LogP contribution in [0.25, 0.3) is 0 Å². The SMILES string of the molecule is CCOC(=O)C(C=O)OC.CCOC(=O)COC. The highest BCUT2D eigenvalue weighted by Crippen LogP contribution is 1.89. The molecule has 0 fully saturated rings. The van der Waals surface area contributed by atoms with Gasteiger partial charge in [-0.3, -0.25) is 4.79 Å². The van der Waals surface area contributed by atoms with Gasteiger partial charge in [-0.2, -0.15) is 0 Å². The summed E-state index contributed by atoms with van der Waals surface area (Å²) in [5, 5.41) is 0. The zero-order valence-corrected chi connectivity index (χ0v) is 11.1. The average Bonchev–Trinajstić information content (AvgIpc) is 2.32. The summed E-state index contributed by atoms with van der Waals surface area (Å²) < 4.78 is 18.0. The first-order chi connectivity index (χ1) is 8.56. The Morgan fingerprint density at radius 3 is 2.00 bits per heavy atom. The minimum atomic E-state index is -1.07. The van der Waals surface area contributed by atoms with E-state index in [1.54, 1.807) is 13.8 Å². The van der Waals surface area contributed by atoms with Gasteiger partial charge in [0, 0.05) is 14.2 Å². The van der Waals surface area contributed by atoms with Gasteiger partial charge in [0.25, 0.3) is 0 Å². The molecule has 0 rings (SSSR count). The van der Waals surface area contributed by atoms with Crippen molar-refractivity contribution in [1.29, 1.82) is 0 Å². The van der Waals surface area contributed by atoms with E-state index in [9.17, 15) is 14.4 Å². The van der Waals surface area contributed by atoms with Crippen molar-refractivity contribution in [3.8, 4) is 0 Å². The van der Waals surface area contributed by atoms with Gasteiger partial charge in [-0.15, -0.1) is 0 Å². The fourth-order valence-corrected chi connectivity index (χ4v) is 0.752. The molecule has 0 aliphatic carbocycles. The van der Waals surface area contributed by atoms with Gasteiger partial charge >= 0.3 is 11.9 Å². The third-order valence-electron chi connectivity index (χ3n) is 1.46. The van der Waals surface area contributed by atoms with Crippen LogP contribution in [0.1, 0.15) is 13.8 Å². The van der Waals surface area contributed by atoms with Gasteiger partial charge in [-0.05, 0) is 13.8 Å². The van der Waals surface area contributed by atoms with Gasteiger partial charge in [0.15, 0.2) is 6.29 Å². The van der Waals surface area contributed by atoms with Gasteiger partial charge < -0.3 is 18.9 Å². The molecule has 0 bridgehead atoms. The smallest absolute Gasteiger partial charge is 0.342 e. The van der Waals surface area contributed by atoms with Crippen LogP contribution < -0.4 is 0 Å². The van der Waals surface area contributed by atoms with E-state index in [0.717, 1.165) is 0 Å². The van der Waals surface area contributed by atoms with Gasteiger partial charge in [0.2, 0.25) is 6.10 Å². The summed E-state index contributed by atoms with van der Waals surface area (Å²) in [6, 6.07) is 0. The molecule has 0 amide bonds. The van der Waals surface area contributed by atoms with Gasteiger partial charge in [0.05, 0.1) is 13.2 Å². The lowest BCUT2D eigenvalue weighted by Gasteiger charge is -2.05. The maximum atomic E-state index is 10.6. The highest BCUT2D eigenvalue weighted by molar-refractivity contribution is 5.90. The summed E-state index contributed by atoms with van der Waals surface area (Å²) in [4.78, 5) is 30.9. The van der Waals surface area contributed by atoms with E-state index >= 15 is 0 Å². The molecule has 7 heteroatoms. The number of rotatable bonds is 7. The molecular formula is C11H20O7. The van der Waals surface area contributed by atoms with E-state index in [0.29, 0.717) is 12.9 Å². The quantitative estimate of drug-likeness (QED) is 0.362. The lowest BCUT2D eigenvalue weighted by Crippen LogP contribution is -2.26. The Kier molecular flexibility index (Phi) is 14.3. The Hall–Kier alpha value is -1.47. The van der Waals surface area contributed by atoms with E-state index in [1.807, 2.05) is 0 Å². The largest absolute Gasteiger partial charge is 0.464 e. The molecular weight excluding hydrogens is 244 g/mol. The molecule has 1 unspecified atom stereocenters. The summed E-state index contributed by atoms with van der Waals surface area (Å²) in [6.07, 6.45) is -0.669. The van der Waals surface area contributed by atoms with Crippen LogP contribution in [0.3, 0.4) is 0 Å². The Morgan fingerprint density at radius 1 is 1.11 bits per heavy atom. The molecule has 0 aromatic carbocycles. The lowest BCUT2D eigenvalue weighted by atomic mass is 10.4. The van der Waals surface area contributed by atoms with E-state index in [-0.39, 0.29) is 19.2 Å². The predicted molar refractivity (Wildman–Crippen MR) is 62.0 cm³/mol. The monoisotopic (exact) mass is 264 g/mol. The maximum absolute atomic E-state index is 10.6. The number of ether oxygens (including phenoxy) is 4. The molecule has 0 aliphatic heterocycles. The number of methoxy groups -OCH3 is 2. The minimum absolute atomic E-state index is 0.0494. The number of esters is 2. The van der Waals surface area contributed by atoms with Gasteiger partial charge in [-0.25, -0.2) is 9.59 Å². The van der Waals surface area contributed by atoms with Crippen molar-refractivity contribution in [2.24, 2.45) is 0 Å². The Labute approximate surface area is 106 Å². The maximum Gasteiger partial charge on any atom is 0.342 e. The first-order valence-corrected chi connectivity index (χ1v) is 5.36. The van der Waals surface area contributed by atoms with Gasteiger partial charge in [0.1, 0.15) is 6.61 Å². The minimum Gasteiger partial charge on any atom is -0.464 e. The first kappa shape index (κ1) is 18.9. The third-order valence-corrected chi connectivity index (χ3v) is 1.46. The summed E-state index contributed by atoms with van der Waals surface area (Å²) in [5.41, 5.74) is 0. The van der Waals surface area contributed by atoms with E-state index in [2.05, 4.69) is 18.9 Å². The molecule has 0 aliphatic rings. The Balaban J connectivity index is 0. The summed E-state index contributed by atoms with van der Waals surface area (Å²) in [6.45, 7) is 4.14. The molecule has 1 atom stereocenters. The zero-order valence-electron chi connectivity index (χ0n) is 11.1. The molecule has 0 saturated carbocycles. The van der Waals surface area contributed by atoms with Crippen molar-refractivity contribution < 1.29 is 33.3 Å². The predicted octanol–water partition coefficient (Wildman–Crippen LogP) is -0.0407. The molecule has 0 saturated heterocycles. The molecule has 7 nitrogen and oxygen atoms in total. The Bertz CT molecular complexity index is 232. The van der Waals surface area contributed by atoms with E-state index < -0.39 is 12.1 Å². The van der Waals surface area contributed by atoms with Crippen LogP contribution in [0.5, 0.6) is 0 Å². The van der Waals surface area contributed by atoms with Crippen LogP contribution in [0.15, 0.2) is 0 Å². The highest BCUT2D eigenvalue weighted by atomic mass is 16.6. The van der Waals surface area contributed by atoms with Crippen LogP contribution in [-0.2, 0) is 33.3 Å². The highest BCUT2D eigenvalue weighted by Gasteiger charge is 2.16. The second-order valence-corrected chi connectivity index (χ2v) is 2.78. The Morgan fingerprint density at radius 2 is 1.67 bits per heavy atom. The number of hydrogen-bond acceptors (Lipinski definition) is 7. The molecule has 0 N–H and O–H groups in total.